The van der Waals surface area contributed by atoms with Gasteiger partial charge in [-0.25, -0.2) is 9.37 Å². The van der Waals surface area contributed by atoms with Gasteiger partial charge in [-0.1, -0.05) is 6.08 Å². The summed E-state index contributed by atoms with van der Waals surface area (Å²) in [5.41, 5.74) is 0.650. The second-order valence-electron chi connectivity index (χ2n) is 4.54. The van der Waals surface area contributed by atoms with E-state index >= 15 is 0 Å². The Labute approximate surface area is 127 Å². The lowest BCUT2D eigenvalue weighted by Gasteiger charge is -2.19. The highest BCUT2D eigenvalue weighted by atomic mass is 19.1. The van der Waals surface area contributed by atoms with Crippen molar-refractivity contribution in [2.75, 3.05) is 30.4 Å². The van der Waals surface area contributed by atoms with Gasteiger partial charge in [0.25, 0.3) is 0 Å². The summed E-state index contributed by atoms with van der Waals surface area (Å²) in [5, 5.41) is 5.82. The average molecular weight is 302 g/mol. The number of aromatic nitrogens is 2. The molecule has 1 aromatic carbocycles. The topological polar surface area (TPSA) is 68.3 Å². The van der Waals surface area contributed by atoms with Crippen molar-refractivity contribution in [2.24, 2.45) is 0 Å². The normalized spacial score (nSPS) is 12.6. The first-order chi connectivity index (χ1) is 10.8. The number of hydrogen-bond donors (Lipinski definition) is 2. The fourth-order valence-corrected chi connectivity index (χ4v) is 1.96. The maximum atomic E-state index is 13.8. The number of hydrogen-bond acceptors (Lipinski definition) is 6. The molecule has 0 amide bonds. The maximum absolute atomic E-state index is 13.8. The fourth-order valence-electron chi connectivity index (χ4n) is 1.96. The van der Waals surface area contributed by atoms with E-state index in [1.165, 1.54) is 0 Å². The number of halogens is 1. The Balaban J connectivity index is 1.81. The molecule has 0 unspecified atom stereocenters. The lowest BCUT2D eigenvalue weighted by atomic mass is 10.2. The van der Waals surface area contributed by atoms with Crippen LogP contribution in [0.2, 0.25) is 0 Å². The van der Waals surface area contributed by atoms with Crippen LogP contribution < -0.4 is 20.1 Å². The van der Waals surface area contributed by atoms with Gasteiger partial charge >= 0.3 is 0 Å². The van der Waals surface area contributed by atoms with E-state index in [1.807, 2.05) is 0 Å². The van der Waals surface area contributed by atoms with E-state index < -0.39 is 5.82 Å². The summed E-state index contributed by atoms with van der Waals surface area (Å²) >= 11 is 0. The third-order valence-corrected chi connectivity index (χ3v) is 2.95. The van der Waals surface area contributed by atoms with Crippen LogP contribution in [0.4, 0.5) is 21.8 Å². The van der Waals surface area contributed by atoms with Crippen LogP contribution in [0.5, 0.6) is 11.5 Å². The molecule has 22 heavy (non-hydrogen) atoms. The summed E-state index contributed by atoms with van der Waals surface area (Å²) in [6.45, 7) is 5.11. The van der Waals surface area contributed by atoms with Crippen molar-refractivity contribution in [3.8, 4) is 11.5 Å². The van der Waals surface area contributed by atoms with Crippen molar-refractivity contribution in [3.63, 3.8) is 0 Å². The Morgan fingerprint density at radius 3 is 2.91 bits per heavy atom. The number of anilines is 3. The van der Waals surface area contributed by atoms with E-state index in [9.17, 15) is 4.39 Å². The quantitative estimate of drug-likeness (QED) is 0.828. The first kappa shape index (κ1) is 14.1. The maximum Gasteiger partial charge on any atom is 0.225 e. The molecule has 0 bridgehead atoms. The lowest BCUT2D eigenvalue weighted by Crippen LogP contribution is -2.15. The standard InChI is InChI=1S/C15H15FN4O2/c1-2-5-17-15-18-9-11(16)14(20-15)19-10-3-4-12-13(8-10)22-7-6-21-12/h2-4,8-9H,1,5-7H2,(H2,17,18,19,20). The molecule has 0 aliphatic carbocycles. The van der Waals surface area contributed by atoms with Gasteiger partial charge in [0, 0.05) is 18.3 Å². The molecule has 2 aromatic rings. The second kappa shape index (κ2) is 6.30. The first-order valence-electron chi connectivity index (χ1n) is 6.80. The molecule has 1 aromatic heterocycles. The molecule has 0 spiro atoms. The van der Waals surface area contributed by atoms with Crippen molar-refractivity contribution in [3.05, 3.63) is 42.9 Å². The summed E-state index contributed by atoms with van der Waals surface area (Å²) in [4.78, 5) is 7.95. The van der Waals surface area contributed by atoms with Crippen molar-refractivity contribution in [1.29, 1.82) is 0 Å². The van der Waals surface area contributed by atoms with Crippen LogP contribution in [0.3, 0.4) is 0 Å². The van der Waals surface area contributed by atoms with Gasteiger partial charge < -0.3 is 20.1 Å². The molecule has 0 fully saturated rings. The molecule has 0 atom stereocenters. The van der Waals surface area contributed by atoms with Crippen molar-refractivity contribution >= 4 is 17.5 Å². The molecule has 2 N–H and O–H groups in total. The van der Waals surface area contributed by atoms with E-state index in [0.717, 1.165) is 6.20 Å². The van der Waals surface area contributed by atoms with Gasteiger partial charge in [0.05, 0.1) is 6.20 Å². The van der Waals surface area contributed by atoms with Gasteiger partial charge in [0.15, 0.2) is 23.1 Å². The Morgan fingerprint density at radius 2 is 2.09 bits per heavy atom. The Bertz CT molecular complexity index is 693. The number of benzene rings is 1. The highest BCUT2D eigenvalue weighted by molar-refractivity contribution is 5.62. The number of nitrogens with one attached hydrogen (secondary N) is 2. The smallest absolute Gasteiger partial charge is 0.225 e. The zero-order valence-electron chi connectivity index (χ0n) is 11.8. The summed E-state index contributed by atoms with van der Waals surface area (Å²) in [5.74, 6) is 1.16. The predicted molar refractivity (Wildman–Crippen MR) is 81.4 cm³/mol. The summed E-state index contributed by atoms with van der Waals surface area (Å²) < 4.78 is 24.8. The number of fused-ring (bicyclic) bond motifs is 1. The third-order valence-electron chi connectivity index (χ3n) is 2.95. The summed E-state index contributed by atoms with van der Waals surface area (Å²) in [6.07, 6.45) is 2.78. The Kier molecular flexibility index (Phi) is 4.04. The molecule has 114 valence electrons. The second-order valence-corrected chi connectivity index (χ2v) is 4.54. The molecule has 0 saturated carbocycles. The monoisotopic (exact) mass is 302 g/mol. The van der Waals surface area contributed by atoms with Crippen LogP contribution in [-0.2, 0) is 0 Å². The first-order valence-corrected chi connectivity index (χ1v) is 6.80. The molecular formula is C15H15FN4O2. The SMILES string of the molecule is C=CCNc1ncc(F)c(Nc2ccc3c(c2)OCCO3)n1. The molecule has 0 saturated heterocycles. The molecule has 3 rings (SSSR count). The minimum atomic E-state index is -0.543. The molecular weight excluding hydrogens is 287 g/mol. The largest absolute Gasteiger partial charge is 0.486 e. The number of rotatable bonds is 5. The van der Waals surface area contributed by atoms with Crippen molar-refractivity contribution in [2.45, 2.75) is 0 Å². The van der Waals surface area contributed by atoms with Crippen LogP contribution in [0.25, 0.3) is 0 Å². The van der Waals surface area contributed by atoms with Gasteiger partial charge in [-0.05, 0) is 12.1 Å². The van der Waals surface area contributed by atoms with Crippen LogP contribution in [-0.4, -0.2) is 29.7 Å². The van der Waals surface area contributed by atoms with E-state index in [-0.39, 0.29) is 5.82 Å². The molecule has 0 radical (unpaired) electrons. The minimum Gasteiger partial charge on any atom is -0.486 e. The Morgan fingerprint density at radius 1 is 1.27 bits per heavy atom. The molecule has 1 aliphatic heterocycles. The van der Waals surface area contributed by atoms with E-state index in [0.29, 0.717) is 42.9 Å². The van der Waals surface area contributed by atoms with E-state index in [4.69, 9.17) is 9.47 Å². The summed E-state index contributed by atoms with van der Waals surface area (Å²) in [6, 6.07) is 5.28. The molecule has 7 heteroatoms. The highest BCUT2D eigenvalue weighted by Gasteiger charge is 2.13. The fraction of sp³-hybridized carbons (Fsp3) is 0.200. The van der Waals surface area contributed by atoms with Gasteiger partial charge in [-0.15, -0.1) is 6.58 Å². The van der Waals surface area contributed by atoms with E-state index in [2.05, 4.69) is 27.2 Å². The van der Waals surface area contributed by atoms with Crippen LogP contribution in [0.15, 0.2) is 37.1 Å². The minimum absolute atomic E-state index is 0.0817. The summed E-state index contributed by atoms with van der Waals surface area (Å²) in [7, 11) is 0. The van der Waals surface area contributed by atoms with Crippen LogP contribution in [0.1, 0.15) is 0 Å². The highest BCUT2D eigenvalue weighted by Crippen LogP contribution is 2.33. The number of ether oxygens (including phenoxy) is 2. The molecule has 6 nitrogen and oxygen atoms in total. The van der Waals surface area contributed by atoms with Gasteiger partial charge in [0.1, 0.15) is 13.2 Å². The number of nitrogens with zero attached hydrogens (tertiary/aromatic N) is 2. The zero-order chi connectivity index (χ0) is 15.4. The van der Waals surface area contributed by atoms with Crippen LogP contribution in [0, 0.1) is 5.82 Å². The van der Waals surface area contributed by atoms with Gasteiger partial charge in [-0.3, -0.25) is 0 Å². The van der Waals surface area contributed by atoms with Gasteiger partial charge in [-0.2, -0.15) is 4.98 Å². The van der Waals surface area contributed by atoms with Crippen LogP contribution >= 0.6 is 0 Å². The Hall–Kier alpha value is -2.83. The molecule has 2 heterocycles. The molecule has 1 aliphatic rings. The average Bonchev–Trinajstić information content (AvgIpc) is 2.55. The zero-order valence-corrected chi connectivity index (χ0v) is 11.8. The van der Waals surface area contributed by atoms with E-state index in [1.54, 1.807) is 24.3 Å². The van der Waals surface area contributed by atoms with Crippen molar-refractivity contribution < 1.29 is 13.9 Å². The predicted octanol–water partition coefficient (Wildman–Crippen LogP) is 2.73. The van der Waals surface area contributed by atoms with Gasteiger partial charge in [0.2, 0.25) is 5.95 Å². The lowest BCUT2D eigenvalue weighted by molar-refractivity contribution is 0.171. The third kappa shape index (κ3) is 3.08. The van der Waals surface area contributed by atoms with Crippen molar-refractivity contribution in [1.82, 2.24) is 9.97 Å².